The molecular weight excluding hydrogens is 412 g/mol. The maximum Gasteiger partial charge on any atom is 0.171 e. The van der Waals surface area contributed by atoms with Crippen LogP contribution in [0.3, 0.4) is 0 Å². The van der Waals surface area contributed by atoms with Gasteiger partial charge >= 0.3 is 0 Å². The molecule has 6 nitrogen and oxygen atoms in total. The molecule has 5 rings (SSSR count). The summed E-state index contributed by atoms with van der Waals surface area (Å²) in [6, 6.07) is 15.3. The Hall–Kier alpha value is -3.54. The first kappa shape index (κ1) is 21.3. The summed E-state index contributed by atoms with van der Waals surface area (Å²) in [5, 5.41) is 4.56. The van der Waals surface area contributed by atoms with Crippen LogP contribution >= 0.6 is 0 Å². The Morgan fingerprint density at radius 1 is 1.15 bits per heavy atom. The Morgan fingerprint density at radius 3 is 2.85 bits per heavy atom. The fourth-order valence-electron chi connectivity index (χ4n) is 4.80. The average Bonchev–Trinajstić information content (AvgIpc) is 3.13. The van der Waals surface area contributed by atoms with E-state index in [1.54, 1.807) is 7.11 Å². The molecule has 2 aliphatic heterocycles. The molecule has 0 radical (unpaired) electrons. The van der Waals surface area contributed by atoms with Crippen LogP contribution in [0.1, 0.15) is 47.7 Å². The maximum atomic E-state index is 5.71. The lowest BCUT2D eigenvalue weighted by Crippen LogP contribution is -2.39. The van der Waals surface area contributed by atoms with E-state index in [4.69, 9.17) is 9.57 Å². The highest BCUT2D eigenvalue weighted by atomic mass is 16.6. The van der Waals surface area contributed by atoms with Crippen LogP contribution in [0.4, 0.5) is 0 Å². The SMILES string of the molecule is COc1cc(/C=C2\CCCN3C2=NOCC[C@H]3c2cccc(C)c2)ccc1-n1cnc(C)c1. The van der Waals surface area contributed by atoms with Crippen LogP contribution in [0.15, 0.2) is 65.7 Å². The summed E-state index contributed by atoms with van der Waals surface area (Å²) >= 11 is 0. The molecule has 0 N–H and O–H groups in total. The number of rotatable bonds is 4. The predicted octanol–water partition coefficient (Wildman–Crippen LogP) is 5.45. The van der Waals surface area contributed by atoms with Crippen molar-refractivity contribution in [3.05, 3.63) is 82.9 Å². The van der Waals surface area contributed by atoms with Crippen LogP contribution in [0.5, 0.6) is 5.75 Å². The Bertz CT molecular complexity index is 1210. The third-order valence-electron chi connectivity index (χ3n) is 6.38. The van der Waals surface area contributed by atoms with Gasteiger partial charge in [-0.15, -0.1) is 0 Å². The molecule has 0 saturated carbocycles. The highest BCUT2D eigenvalue weighted by Crippen LogP contribution is 2.34. The van der Waals surface area contributed by atoms with Gasteiger partial charge in [0.05, 0.1) is 30.9 Å². The van der Waals surface area contributed by atoms with Gasteiger partial charge in [0.25, 0.3) is 0 Å². The molecule has 33 heavy (non-hydrogen) atoms. The molecule has 6 heteroatoms. The number of aromatic nitrogens is 2. The largest absolute Gasteiger partial charge is 0.495 e. The highest BCUT2D eigenvalue weighted by molar-refractivity contribution is 6.02. The number of hydrogen-bond donors (Lipinski definition) is 0. The van der Waals surface area contributed by atoms with Crippen LogP contribution in [0.2, 0.25) is 0 Å². The predicted molar refractivity (Wildman–Crippen MR) is 131 cm³/mol. The van der Waals surface area contributed by atoms with Crippen molar-refractivity contribution < 1.29 is 9.57 Å². The van der Waals surface area contributed by atoms with E-state index in [0.29, 0.717) is 6.61 Å². The van der Waals surface area contributed by atoms with Crippen molar-refractivity contribution in [2.45, 2.75) is 39.2 Å². The summed E-state index contributed by atoms with van der Waals surface area (Å²) in [6.45, 7) is 5.74. The monoisotopic (exact) mass is 442 g/mol. The number of piperidine rings is 1. The number of benzene rings is 2. The Kier molecular flexibility index (Phi) is 5.90. The normalized spacial score (nSPS) is 19.5. The summed E-state index contributed by atoms with van der Waals surface area (Å²) in [4.78, 5) is 12.5. The minimum Gasteiger partial charge on any atom is -0.495 e. The van der Waals surface area contributed by atoms with Crippen LogP contribution in [-0.2, 0) is 4.84 Å². The van der Waals surface area contributed by atoms with E-state index >= 15 is 0 Å². The summed E-state index contributed by atoms with van der Waals surface area (Å²) in [7, 11) is 1.71. The lowest BCUT2D eigenvalue weighted by molar-refractivity contribution is 0.140. The van der Waals surface area contributed by atoms with Gasteiger partial charge in [0.15, 0.2) is 5.84 Å². The fourth-order valence-corrected chi connectivity index (χ4v) is 4.80. The number of nitrogens with zero attached hydrogens (tertiary/aromatic N) is 4. The molecule has 2 aromatic carbocycles. The van der Waals surface area contributed by atoms with Crippen molar-refractivity contribution >= 4 is 11.9 Å². The summed E-state index contributed by atoms with van der Waals surface area (Å²) < 4.78 is 7.70. The first-order valence-electron chi connectivity index (χ1n) is 11.6. The highest BCUT2D eigenvalue weighted by Gasteiger charge is 2.31. The van der Waals surface area contributed by atoms with Gasteiger partial charge in [-0.1, -0.05) is 41.1 Å². The molecule has 3 aromatic rings. The first-order valence-corrected chi connectivity index (χ1v) is 11.6. The second-order valence-electron chi connectivity index (χ2n) is 8.79. The van der Waals surface area contributed by atoms with E-state index in [2.05, 4.69) is 70.5 Å². The van der Waals surface area contributed by atoms with E-state index in [-0.39, 0.29) is 6.04 Å². The molecular formula is C27H30N4O2. The minimum absolute atomic E-state index is 0.274. The molecule has 1 fully saturated rings. The van der Waals surface area contributed by atoms with E-state index in [1.165, 1.54) is 16.7 Å². The van der Waals surface area contributed by atoms with Gasteiger partial charge in [0.2, 0.25) is 0 Å². The van der Waals surface area contributed by atoms with E-state index in [1.807, 2.05) is 24.0 Å². The standard InChI is InChI=1S/C27H30N4O2/c1-19-6-4-7-22(14-19)24-11-13-33-29-27-23(8-5-12-31(24)27)15-21-9-10-25(26(16-21)32-3)30-17-20(2)28-18-30/h4,6-7,9-10,14-18,24H,5,8,11-13H2,1-3H3/b23-15+/t24-/m0/s1. The molecule has 3 heterocycles. The molecule has 0 aliphatic carbocycles. The van der Waals surface area contributed by atoms with Crippen molar-refractivity contribution in [2.24, 2.45) is 5.16 Å². The molecule has 2 aliphatic rings. The molecule has 170 valence electrons. The van der Waals surface area contributed by atoms with Crippen LogP contribution in [0.25, 0.3) is 11.8 Å². The number of hydrogen-bond acceptors (Lipinski definition) is 5. The van der Waals surface area contributed by atoms with E-state index in [0.717, 1.165) is 54.3 Å². The number of fused-ring (bicyclic) bond motifs is 1. The zero-order valence-electron chi connectivity index (χ0n) is 19.5. The van der Waals surface area contributed by atoms with E-state index in [9.17, 15) is 0 Å². The smallest absolute Gasteiger partial charge is 0.171 e. The summed E-state index contributed by atoms with van der Waals surface area (Å²) in [5.41, 5.74) is 6.85. The second-order valence-corrected chi connectivity index (χ2v) is 8.79. The molecule has 1 saturated heterocycles. The van der Waals surface area contributed by atoms with Gasteiger partial charge in [-0.3, -0.25) is 0 Å². The van der Waals surface area contributed by atoms with Crippen molar-refractivity contribution in [2.75, 3.05) is 20.3 Å². The number of imidazole rings is 1. The van der Waals surface area contributed by atoms with Crippen LogP contribution in [0, 0.1) is 13.8 Å². The van der Waals surface area contributed by atoms with Crippen molar-refractivity contribution in [3.63, 3.8) is 0 Å². The van der Waals surface area contributed by atoms with Crippen LogP contribution < -0.4 is 4.74 Å². The molecule has 0 unspecified atom stereocenters. The Morgan fingerprint density at radius 2 is 2.06 bits per heavy atom. The maximum absolute atomic E-state index is 5.71. The zero-order valence-corrected chi connectivity index (χ0v) is 19.5. The first-order chi connectivity index (χ1) is 16.1. The van der Waals surface area contributed by atoms with Gasteiger partial charge in [0, 0.05) is 19.2 Å². The fraction of sp³-hybridized carbons (Fsp3) is 0.333. The van der Waals surface area contributed by atoms with Gasteiger partial charge in [-0.25, -0.2) is 4.98 Å². The number of ether oxygens (including phenoxy) is 1. The van der Waals surface area contributed by atoms with Crippen LogP contribution in [-0.4, -0.2) is 40.5 Å². The Balaban J connectivity index is 1.48. The lowest BCUT2D eigenvalue weighted by atomic mass is 9.94. The van der Waals surface area contributed by atoms with Gasteiger partial charge < -0.3 is 19.0 Å². The minimum atomic E-state index is 0.274. The lowest BCUT2D eigenvalue weighted by Gasteiger charge is -2.36. The summed E-state index contributed by atoms with van der Waals surface area (Å²) in [5.74, 6) is 1.77. The number of aryl methyl sites for hydroxylation is 2. The topological polar surface area (TPSA) is 51.9 Å². The zero-order chi connectivity index (χ0) is 22.8. The molecule has 1 atom stereocenters. The number of methoxy groups -OCH3 is 1. The molecule has 0 amide bonds. The average molecular weight is 443 g/mol. The summed E-state index contributed by atoms with van der Waals surface area (Å²) in [6.07, 6.45) is 9.03. The van der Waals surface area contributed by atoms with Crippen molar-refractivity contribution in [1.82, 2.24) is 14.5 Å². The van der Waals surface area contributed by atoms with Crippen molar-refractivity contribution in [1.29, 1.82) is 0 Å². The molecule has 0 bridgehead atoms. The Labute approximate surface area is 195 Å². The number of amidine groups is 1. The third-order valence-corrected chi connectivity index (χ3v) is 6.38. The van der Waals surface area contributed by atoms with Crippen molar-refractivity contribution in [3.8, 4) is 11.4 Å². The number of oxime groups is 1. The molecule has 0 spiro atoms. The van der Waals surface area contributed by atoms with Gasteiger partial charge in [-0.05, 0) is 61.6 Å². The quantitative estimate of drug-likeness (QED) is 0.539. The van der Waals surface area contributed by atoms with Gasteiger partial charge in [0.1, 0.15) is 12.4 Å². The third kappa shape index (κ3) is 4.38. The van der Waals surface area contributed by atoms with Gasteiger partial charge in [-0.2, -0.15) is 0 Å². The molecule has 1 aromatic heterocycles. The van der Waals surface area contributed by atoms with E-state index < -0.39 is 0 Å². The second kappa shape index (κ2) is 9.14.